The molecule has 6 nitrogen and oxygen atoms in total. The summed E-state index contributed by atoms with van der Waals surface area (Å²) >= 11 is 5.74. The number of hydrogen-bond donors (Lipinski definition) is 1. The molecule has 0 aliphatic rings. The van der Waals surface area contributed by atoms with Gasteiger partial charge in [-0.2, -0.15) is 5.26 Å². The normalized spacial score (nSPS) is 12.0. The predicted octanol–water partition coefficient (Wildman–Crippen LogP) is 2.04. The van der Waals surface area contributed by atoms with Gasteiger partial charge in [0.25, 0.3) is 0 Å². The van der Waals surface area contributed by atoms with Crippen LogP contribution in [0.2, 0.25) is 5.15 Å². The molecule has 1 heterocycles. The molecule has 0 aliphatic carbocycles. The minimum Gasteiger partial charge on any atom is -0.329 e. The number of anilines is 1. The van der Waals surface area contributed by atoms with Gasteiger partial charge in [-0.05, 0) is 19.4 Å². The van der Waals surface area contributed by atoms with Crippen molar-refractivity contribution in [2.24, 2.45) is 0 Å². The van der Waals surface area contributed by atoms with Crippen molar-refractivity contribution in [3.05, 3.63) is 28.0 Å². The molecule has 1 N–H and O–H groups in total. The molecule has 0 radical (unpaired) electrons. The third kappa shape index (κ3) is 4.50. The minimum absolute atomic E-state index is 0.0799. The SMILES string of the molecule is CCCS(=O)(=O)/C(C#N)=C/Nc1nc(C)cc(Cl)n1. The fourth-order valence-electron chi connectivity index (χ4n) is 1.30. The van der Waals surface area contributed by atoms with Gasteiger partial charge in [0.15, 0.2) is 14.7 Å². The highest BCUT2D eigenvalue weighted by Gasteiger charge is 2.16. The Labute approximate surface area is 117 Å². The summed E-state index contributed by atoms with van der Waals surface area (Å²) in [5.41, 5.74) is 0.630. The van der Waals surface area contributed by atoms with Crippen LogP contribution in [0.5, 0.6) is 0 Å². The summed E-state index contributed by atoms with van der Waals surface area (Å²) in [6.07, 6.45) is 1.52. The van der Waals surface area contributed by atoms with Crippen LogP contribution in [-0.4, -0.2) is 24.1 Å². The van der Waals surface area contributed by atoms with Crippen LogP contribution in [0.1, 0.15) is 19.0 Å². The van der Waals surface area contributed by atoms with Gasteiger partial charge in [0.05, 0.1) is 5.75 Å². The number of hydrogen-bond acceptors (Lipinski definition) is 6. The van der Waals surface area contributed by atoms with Crippen molar-refractivity contribution in [1.82, 2.24) is 9.97 Å². The largest absolute Gasteiger partial charge is 0.329 e. The maximum absolute atomic E-state index is 11.7. The molecule has 0 aromatic carbocycles. The molecule has 0 bridgehead atoms. The van der Waals surface area contributed by atoms with Crippen molar-refractivity contribution in [2.45, 2.75) is 20.3 Å². The lowest BCUT2D eigenvalue weighted by molar-refractivity contribution is 0.601. The van der Waals surface area contributed by atoms with Crippen LogP contribution < -0.4 is 5.32 Å². The van der Waals surface area contributed by atoms with E-state index < -0.39 is 9.84 Å². The zero-order valence-corrected chi connectivity index (χ0v) is 12.1. The van der Waals surface area contributed by atoms with E-state index in [1.807, 2.05) is 0 Å². The predicted molar refractivity (Wildman–Crippen MR) is 73.2 cm³/mol. The fourth-order valence-corrected chi connectivity index (χ4v) is 2.67. The Morgan fingerprint density at radius 3 is 2.79 bits per heavy atom. The molecule has 0 saturated carbocycles. The molecule has 1 rings (SSSR count). The molecule has 1 aromatic heterocycles. The molecule has 102 valence electrons. The number of nitrogens with zero attached hydrogens (tertiary/aromatic N) is 3. The third-order valence-corrected chi connectivity index (χ3v) is 4.09. The molecule has 0 unspecified atom stereocenters. The summed E-state index contributed by atoms with van der Waals surface area (Å²) in [6, 6.07) is 3.21. The van der Waals surface area contributed by atoms with Crippen molar-refractivity contribution >= 4 is 27.4 Å². The molecular formula is C11H13ClN4O2S. The van der Waals surface area contributed by atoms with E-state index in [4.69, 9.17) is 16.9 Å². The number of nitrogens with one attached hydrogen (secondary N) is 1. The number of allylic oxidation sites excluding steroid dienone is 1. The second-order valence-corrected chi connectivity index (χ2v) is 6.20. The van der Waals surface area contributed by atoms with Gasteiger partial charge in [-0.15, -0.1) is 0 Å². The minimum atomic E-state index is -3.56. The Bertz CT molecular complexity index is 614. The average Bonchev–Trinajstić information content (AvgIpc) is 2.27. The van der Waals surface area contributed by atoms with Crippen molar-refractivity contribution in [3.8, 4) is 6.07 Å². The first-order chi connectivity index (χ1) is 8.89. The molecular weight excluding hydrogens is 288 g/mol. The van der Waals surface area contributed by atoms with Gasteiger partial charge in [0.2, 0.25) is 5.95 Å². The second-order valence-electron chi connectivity index (χ2n) is 3.74. The topological polar surface area (TPSA) is 95.7 Å². The highest BCUT2D eigenvalue weighted by Crippen LogP contribution is 2.12. The van der Waals surface area contributed by atoms with Gasteiger partial charge in [-0.25, -0.2) is 18.4 Å². The molecule has 1 aromatic rings. The standard InChI is InChI=1S/C11H13ClN4O2S/c1-3-4-19(17,18)9(6-13)7-14-11-15-8(2)5-10(12)16-11/h5,7H,3-4H2,1-2H3,(H,14,15,16)/b9-7+. The molecule has 0 spiro atoms. The molecule has 8 heteroatoms. The maximum Gasteiger partial charge on any atom is 0.228 e. The summed E-state index contributed by atoms with van der Waals surface area (Å²) in [7, 11) is -3.56. The van der Waals surface area contributed by atoms with E-state index >= 15 is 0 Å². The number of aromatic nitrogens is 2. The van der Waals surface area contributed by atoms with Crippen molar-refractivity contribution in [3.63, 3.8) is 0 Å². The lowest BCUT2D eigenvalue weighted by Gasteiger charge is -2.03. The van der Waals surface area contributed by atoms with Gasteiger partial charge in [-0.3, -0.25) is 0 Å². The van der Waals surface area contributed by atoms with E-state index in [0.717, 1.165) is 6.20 Å². The zero-order valence-electron chi connectivity index (χ0n) is 10.5. The van der Waals surface area contributed by atoms with Crippen LogP contribution in [0, 0.1) is 18.3 Å². The Kier molecular flexibility index (Phi) is 5.27. The molecule has 0 aliphatic heterocycles. The zero-order chi connectivity index (χ0) is 14.5. The number of nitriles is 1. The van der Waals surface area contributed by atoms with E-state index in [1.165, 1.54) is 0 Å². The van der Waals surface area contributed by atoms with Gasteiger partial charge in [0, 0.05) is 11.9 Å². The lowest BCUT2D eigenvalue weighted by Crippen LogP contribution is -2.09. The number of aryl methyl sites for hydroxylation is 1. The van der Waals surface area contributed by atoms with E-state index in [1.54, 1.807) is 26.0 Å². The Hall–Kier alpha value is -1.65. The molecule has 19 heavy (non-hydrogen) atoms. The quantitative estimate of drug-likeness (QED) is 0.660. The van der Waals surface area contributed by atoms with Gasteiger partial charge < -0.3 is 5.32 Å². The third-order valence-electron chi connectivity index (χ3n) is 2.07. The maximum atomic E-state index is 11.7. The molecule has 0 amide bonds. The smallest absolute Gasteiger partial charge is 0.228 e. The summed E-state index contributed by atoms with van der Waals surface area (Å²) in [4.78, 5) is 7.52. The van der Waals surface area contributed by atoms with Crippen LogP contribution in [0.15, 0.2) is 17.2 Å². The lowest BCUT2D eigenvalue weighted by atomic mass is 10.5. The van der Waals surface area contributed by atoms with Gasteiger partial charge in [0.1, 0.15) is 11.2 Å². The fraction of sp³-hybridized carbons (Fsp3) is 0.364. The summed E-state index contributed by atoms with van der Waals surface area (Å²) < 4.78 is 23.4. The summed E-state index contributed by atoms with van der Waals surface area (Å²) in [6.45, 7) is 3.45. The highest BCUT2D eigenvalue weighted by atomic mass is 35.5. The monoisotopic (exact) mass is 300 g/mol. The first kappa shape index (κ1) is 15.4. The van der Waals surface area contributed by atoms with Crippen LogP contribution >= 0.6 is 11.6 Å². The van der Waals surface area contributed by atoms with Crippen LogP contribution in [0.25, 0.3) is 0 Å². The second kappa shape index (κ2) is 6.50. The number of halogens is 1. The molecule has 0 saturated heterocycles. The molecule has 0 atom stereocenters. The Balaban J connectivity index is 2.99. The van der Waals surface area contributed by atoms with Crippen molar-refractivity contribution < 1.29 is 8.42 Å². The first-order valence-corrected chi connectivity index (χ1v) is 7.53. The van der Waals surface area contributed by atoms with Crippen LogP contribution in [0.4, 0.5) is 5.95 Å². The Morgan fingerprint density at radius 1 is 1.58 bits per heavy atom. The number of sulfone groups is 1. The van der Waals surface area contributed by atoms with Gasteiger partial charge >= 0.3 is 0 Å². The van der Waals surface area contributed by atoms with Crippen molar-refractivity contribution in [2.75, 3.05) is 11.1 Å². The van der Waals surface area contributed by atoms with Crippen LogP contribution in [0.3, 0.4) is 0 Å². The van der Waals surface area contributed by atoms with E-state index in [9.17, 15) is 8.42 Å². The highest BCUT2D eigenvalue weighted by molar-refractivity contribution is 7.95. The summed E-state index contributed by atoms with van der Waals surface area (Å²) in [5, 5.41) is 11.7. The summed E-state index contributed by atoms with van der Waals surface area (Å²) in [5.74, 6) is 0.0632. The number of rotatable bonds is 5. The van der Waals surface area contributed by atoms with E-state index in [-0.39, 0.29) is 21.8 Å². The Morgan fingerprint density at radius 2 is 2.26 bits per heavy atom. The van der Waals surface area contributed by atoms with Gasteiger partial charge in [-0.1, -0.05) is 18.5 Å². The van der Waals surface area contributed by atoms with Crippen LogP contribution in [-0.2, 0) is 9.84 Å². The van der Waals surface area contributed by atoms with Crippen molar-refractivity contribution in [1.29, 1.82) is 5.26 Å². The first-order valence-electron chi connectivity index (χ1n) is 5.49. The van der Waals surface area contributed by atoms with E-state index in [0.29, 0.717) is 12.1 Å². The van der Waals surface area contributed by atoms with E-state index in [2.05, 4.69) is 15.3 Å². The molecule has 0 fully saturated rings. The average molecular weight is 301 g/mol.